The molecule has 2 heteroatoms. The van der Waals surface area contributed by atoms with Crippen LogP contribution in [-0.4, -0.2) is 10.2 Å². The molecule has 0 fully saturated rings. The van der Waals surface area contributed by atoms with E-state index in [1.54, 1.807) is 12.1 Å². The summed E-state index contributed by atoms with van der Waals surface area (Å²) < 4.78 is 0. The van der Waals surface area contributed by atoms with Crippen molar-refractivity contribution < 1.29 is 10.2 Å². The number of aryl methyl sites for hydroxylation is 1. The zero-order valence-corrected chi connectivity index (χ0v) is 12.6. The summed E-state index contributed by atoms with van der Waals surface area (Å²) in [5.41, 5.74) is 4.00. The van der Waals surface area contributed by atoms with Crippen molar-refractivity contribution in [2.24, 2.45) is 0 Å². The summed E-state index contributed by atoms with van der Waals surface area (Å²) in [4.78, 5) is 0. The monoisotopic (exact) mass is 270 g/mol. The Labute approximate surface area is 120 Å². The third-order valence-electron chi connectivity index (χ3n) is 3.56. The van der Waals surface area contributed by atoms with Crippen LogP contribution < -0.4 is 0 Å². The fourth-order valence-electron chi connectivity index (χ4n) is 2.25. The first-order valence-corrected chi connectivity index (χ1v) is 6.88. The molecule has 2 N–H and O–H groups in total. The Morgan fingerprint density at radius 1 is 0.850 bits per heavy atom. The lowest BCUT2D eigenvalue weighted by Gasteiger charge is -2.20. The SMILES string of the molecule is Cc1ccc(O)c(Cc2cc(C(C)(C)C)ccc2O)c1. The van der Waals surface area contributed by atoms with Gasteiger partial charge in [-0.25, -0.2) is 0 Å². The van der Waals surface area contributed by atoms with Gasteiger partial charge in [0.05, 0.1) is 0 Å². The number of benzene rings is 2. The highest BCUT2D eigenvalue weighted by Gasteiger charge is 2.16. The highest BCUT2D eigenvalue weighted by atomic mass is 16.3. The van der Waals surface area contributed by atoms with E-state index in [-0.39, 0.29) is 16.9 Å². The average Bonchev–Trinajstić information content (AvgIpc) is 2.35. The van der Waals surface area contributed by atoms with Crippen LogP contribution in [0.15, 0.2) is 36.4 Å². The summed E-state index contributed by atoms with van der Waals surface area (Å²) >= 11 is 0. The van der Waals surface area contributed by atoms with E-state index < -0.39 is 0 Å². The number of rotatable bonds is 2. The zero-order valence-electron chi connectivity index (χ0n) is 12.6. The Morgan fingerprint density at radius 3 is 2.00 bits per heavy atom. The molecule has 0 saturated heterocycles. The van der Waals surface area contributed by atoms with E-state index >= 15 is 0 Å². The van der Waals surface area contributed by atoms with Crippen LogP contribution in [0, 0.1) is 6.92 Å². The molecular formula is C18H22O2. The molecule has 0 aromatic heterocycles. The molecule has 20 heavy (non-hydrogen) atoms. The minimum absolute atomic E-state index is 0.0388. The summed E-state index contributed by atoms with van der Waals surface area (Å²) in [6.45, 7) is 8.43. The average molecular weight is 270 g/mol. The largest absolute Gasteiger partial charge is 0.508 e. The van der Waals surface area contributed by atoms with Crippen molar-refractivity contribution in [2.45, 2.75) is 39.5 Å². The number of hydrogen-bond donors (Lipinski definition) is 2. The molecule has 0 unspecified atom stereocenters. The number of phenols is 2. The molecule has 0 aliphatic heterocycles. The molecule has 2 aromatic rings. The van der Waals surface area contributed by atoms with E-state index in [9.17, 15) is 10.2 Å². The predicted molar refractivity (Wildman–Crippen MR) is 82.5 cm³/mol. The first kappa shape index (κ1) is 14.4. The van der Waals surface area contributed by atoms with Crippen molar-refractivity contribution in [1.82, 2.24) is 0 Å². The maximum absolute atomic E-state index is 10.0. The van der Waals surface area contributed by atoms with Gasteiger partial charge in [0.25, 0.3) is 0 Å². The van der Waals surface area contributed by atoms with Crippen LogP contribution in [0.1, 0.15) is 43.0 Å². The van der Waals surface area contributed by atoms with Crippen LogP contribution in [0.5, 0.6) is 11.5 Å². The molecule has 0 heterocycles. The predicted octanol–water partition coefficient (Wildman–Crippen LogP) is 4.29. The van der Waals surface area contributed by atoms with E-state index in [2.05, 4.69) is 20.8 Å². The summed E-state index contributed by atoms with van der Waals surface area (Å²) in [6, 6.07) is 11.3. The Kier molecular flexibility index (Phi) is 3.76. The third-order valence-corrected chi connectivity index (χ3v) is 3.56. The first-order chi connectivity index (χ1) is 9.27. The van der Waals surface area contributed by atoms with Crippen LogP contribution in [0.3, 0.4) is 0 Å². The molecular weight excluding hydrogens is 248 g/mol. The molecule has 0 atom stereocenters. The Balaban J connectivity index is 2.40. The van der Waals surface area contributed by atoms with E-state index in [1.807, 2.05) is 31.2 Å². The van der Waals surface area contributed by atoms with Crippen molar-refractivity contribution in [3.8, 4) is 11.5 Å². The molecule has 2 nitrogen and oxygen atoms in total. The lowest BCUT2D eigenvalue weighted by atomic mass is 9.85. The van der Waals surface area contributed by atoms with Gasteiger partial charge in [-0.2, -0.15) is 0 Å². The fraction of sp³-hybridized carbons (Fsp3) is 0.333. The lowest BCUT2D eigenvalue weighted by Crippen LogP contribution is -2.11. The second-order valence-electron chi connectivity index (χ2n) is 6.40. The molecule has 0 radical (unpaired) electrons. The Bertz CT molecular complexity index is 622. The van der Waals surface area contributed by atoms with Gasteiger partial charge in [0.2, 0.25) is 0 Å². The van der Waals surface area contributed by atoms with Crippen LogP contribution in [0.25, 0.3) is 0 Å². The fourth-order valence-corrected chi connectivity index (χ4v) is 2.25. The first-order valence-electron chi connectivity index (χ1n) is 6.88. The van der Waals surface area contributed by atoms with Crippen LogP contribution in [-0.2, 0) is 11.8 Å². The second kappa shape index (κ2) is 5.20. The van der Waals surface area contributed by atoms with Gasteiger partial charge in [0.1, 0.15) is 11.5 Å². The van der Waals surface area contributed by atoms with E-state index in [0.29, 0.717) is 6.42 Å². The van der Waals surface area contributed by atoms with E-state index in [1.165, 1.54) is 5.56 Å². The molecule has 0 bridgehead atoms. The second-order valence-corrected chi connectivity index (χ2v) is 6.40. The number of hydrogen-bond acceptors (Lipinski definition) is 2. The maximum atomic E-state index is 10.0. The lowest BCUT2D eigenvalue weighted by molar-refractivity contribution is 0.462. The maximum Gasteiger partial charge on any atom is 0.119 e. The molecule has 0 spiro atoms. The topological polar surface area (TPSA) is 40.5 Å². The van der Waals surface area contributed by atoms with Crippen molar-refractivity contribution in [1.29, 1.82) is 0 Å². The minimum atomic E-state index is 0.0388. The van der Waals surface area contributed by atoms with Gasteiger partial charge in [-0.15, -0.1) is 0 Å². The highest BCUT2D eigenvalue weighted by molar-refractivity contribution is 5.45. The van der Waals surface area contributed by atoms with Gasteiger partial charge < -0.3 is 10.2 Å². The van der Waals surface area contributed by atoms with Crippen molar-refractivity contribution in [3.63, 3.8) is 0 Å². The Hall–Kier alpha value is -1.96. The molecule has 0 aliphatic rings. The van der Waals surface area contributed by atoms with Gasteiger partial charge in [-0.3, -0.25) is 0 Å². The normalized spacial score (nSPS) is 11.6. The number of phenolic OH excluding ortho intramolecular Hbond substituents is 2. The van der Waals surface area contributed by atoms with Gasteiger partial charge >= 0.3 is 0 Å². The summed E-state index contributed by atoms with van der Waals surface area (Å²) in [5, 5.41) is 20.0. The zero-order chi connectivity index (χ0) is 14.9. The van der Waals surface area contributed by atoms with Gasteiger partial charge in [0, 0.05) is 6.42 Å². The summed E-state index contributed by atoms with van der Waals surface area (Å²) in [6.07, 6.45) is 0.531. The van der Waals surface area contributed by atoms with Crippen molar-refractivity contribution in [3.05, 3.63) is 58.7 Å². The standard InChI is InChI=1S/C18H22O2/c1-12-5-7-16(19)13(9-12)10-14-11-15(18(2,3)4)6-8-17(14)20/h5-9,11,19-20H,10H2,1-4H3. The molecule has 0 amide bonds. The number of aromatic hydroxyl groups is 2. The summed E-state index contributed by atoms with van der Waals surface area (Å²) in [7, 11) is 0. The summed E-state index contributed by atoms with van der Waals surface area (Å²) in [5.74, 6) is 0.551. The van der Waals surface area contributed by atoms with E-state index in [0.717, 1.165) is 16.7 Å². The van der Waals surface area contributed by atoms with Crippen LogP contribution in [0.4, 0.5) is 0 Å². The molecule has 2 rings (SSSR count). The molecule has 106 valence electrons. The van der Waals surface area contributed by atoms with Gasteiger partial charge in [-0.1, -0.05) is 50.6 Å². The molecule has 0 saturated carbocycles. The Morgan fingerprint density at radius 2 is 1.40 bits per heavy atom. The van der Waals surface area contributed by atoms with Crippen LogP contribution >= 0.6 is 0 Å². The molecule has 0 aliphatic carbocycles. The van der Waals surface area contributed by atoms with Gasteiger partial charge in [0.15, 0.2) is 0 Å². The smallest absolute Gasteiger partial charge is 0.119 e. The van der Waals surface area contributed by atoms with Crippen molar-refractivity contribution >= 4 is 0 Å². The van der Waals surface area contributed by atoms with Crippen molar-refractivity contribution in [2.75, 3.05) is 0 Å². The van der Waals surface area contributed by atoms with E-state index in [4.69, 9.17) is 0 Å². The minimum Gasteiger partial charge on any atom is -0.508 e. The van der Waals surface area contributed by atoms with Gasteiger partial charge in [-0.05, 0) is 41.2 Å². The highest BCUT2D eigenvalue weighted by Crippen LogP contribution is 2.30. The third kappa shape index (κ3) is 3.13. The van der Waals surface area contributed by atoms with Crippen LogP contribution in [0.2, 0.25) is 0 Å². The molecule has 2 aromatic carbocycles. The quantitative estimate of drug-likeness (QED) is 0.854.